The summed E-state index contributed by atoms with van der Waals surface area (Å²) in [4.78, 5) is 7.75. The van der Waals surface area contributed by atoms with Crippen molar-refractivity contribution in [3.05, 3.63) is 23.8 Å². The maximum atomic E-state index is 2.71. The van der Waals surface area contributed by atoms with E-state index < -0.39 is 0 Å². The lowest BCUT2D eigenvalue weighted by Crippen LogP contribution is -2.49. The number of fused-ring (bicyclic) bond motifs is 3. The van der Waals surface area contributed by atoms with Crippen LogP contribution in [0.2, 0.25) is 0 Å². The van der Waals surface area contributed by atoms with Gasteiger partial charge in [0, 0.05) is 45.2 Å². The number of likely N-dealkylation sites (tertiary alicyclic amines) is 1. The highest BCUT2D eigenvalue weighted by atomic mass is 15.3. The van der Waals surface area contributed by atoms with E-state index in [-0.39, 0.29) is 0 Å². The number of nitrogens with zero attached hydrogens (tertiary/aromatic N) is 3. The van der Waals surface area contributed by atoms with Crippen molar-refractivity contribution < 1.29 is 0 Å². The molecule has 0 N–H and O–H groups in total. The van der Waals surface area contributed by atoms with Crippen molar-refractivity contribution in [2.75, 3.05) is 49.6 Å². The zero-order chi connectivity index (χ0) is 13.0. The van der Waals surface area contributed by atoms with Crippen molar-refractivity contribution in [1.29, 1.82) is 0 Å². The molecule has 3 heterocycles. The van der Waals surface area contributed by atoms with Gasteiger partial charge in [-0.3, -0.25) is 0 Å². The van der Waals surface area contributed by atoms with Gasteiger partial charge in [0.05, 0.1) is 11.4 Å². The first-order valence-electron chi connectivity index (χ1n) is 7.62. The Labute approximate surface area is 115 Å². The van der Waals surface area contributed by atoms with E-state index in [4.69, 9.17) is 0 Å². The Bertz CT molecular complexity index is 499. The molecule has 4 rings (SSSR count). The van der Waals surface area contributed by atoms with Gasteiger partial charge in [-0.1, -0.05) is 19.1 Å². The van der Waals surface area contributed by atoms with Crippen molar-refractivity contribution >= 4 is 11.4 Å². The number of piperidine rings is 1. The second-order valence-electron chi connectivity index (χ2n) is 6.19. The third kappa shape index (κ3) is 1.54. The Hall–Kier alpha value is -1.22. The van der Waals surface area contributed by atoms with Gasteiger partial charge in [0.2, 0.25) is 0 Å². The van der Waals surface area contributed by atoms with E-state index in [0.717, 1.165) is 18.5 Å². The highest BCUT2D eigenvalue weighted by Crippen LogP contribution is 2.50. The SMILES string of the molecule is CCN1CC[C@H]2[C@@H](C1)c1cccc3c1N2CCN3C. The minimum Gasteiger partial charge on any atom is -0.371 e. The summed E-state index contributed by atoms with van der Waals surface area (Å²) in [5.41, 5.74) is 4.60. The molecular weight excluding hydrogens is 234 g/mol. The molecule has 0 aromatic heterocycles. The van der Waals surface area contributed by atoms with Crippen molar-refractivity contribution in [3.8, 4) is 0 Å². The van der Waals surface area contributed by atoms with Crippen molar-refractivity contribution in [2.45, 2.75) is 25.3 Å². The number of para-hydroxylation sites is 1. The van der Waals surface area contributed by atoms with Gasteiger partial charge in [0.15, 0.2) is 0 Å². The Kier molecular flexibility index (Phi) is 2.52. The molecule has 1 aromatic carbocycles. The number of hydrogen-bond donors (Lipinski definition) is 0. The molecule has 0 unspecified atom stereocenters. The maximum absolute atomic E-state index is 2.71. The summed E-state index contributed by atoms with van der Waals surface area (Å²) >= 11 is 0. The molecular formula is C16H23N3. The molecule has 2 atom stereocenters. The zero-order valence-corrected chi connectivity index (χ0v) is 12.0. The standard InChI is InChI=1S/C16H23N3/c1-3-18-8-7-14-13(11-18)12-5-4-6-15-16(12)19(14)10-9-17(15)2/h4-6,13-14H,3,7-11H2,1-2H3/t13-,14-/m0/s1. The van der Waals surface area contributed by atoms with Crippen molar-refractivity contribution in [2.24, 2.45) is 0 Å². The van der Waals surface area contributed by atoms with E-state index in [2.05, 4.69) is 46.9 Å². The Balaban J connectivity index is 1.79. The minimum atomic E-state index is 0.732. The van der Waals surface area contributed by atoms with Gasteiger partial charge in [-0.05, 0) is 24.6 Å². The van der Waals surface area contributed by atoms with Gasteiger partial charge in [-0.2, -0.15) is 0 Å². The molecule has 0 bridgehead atoms. The summed E-state index contributed by atoms with van der Waals surface area (Å²) in [6, 6.07) is 7.67. The predicted octanol–water partition coefficient (Wildman–Crippen LogP) is 2.13. The fraction of sp³-hybridized carbons (Fsp3) is 0.625. The van der Waals surface area contributed by atoms with E-state index in [1.165, 1.54) is 38.3 Å². The summed E-state index contributed by atoms with van der Waals surface area (Å²) in [6.45, 7) is 8.37. The van der Waals surface area contributed by atoms with Crippen molar-refractivity contribution in [3.63, 3.8) is 0 Å². The van der Waals surface area contributed by atoms with E-state index in [1.807, 2.05) is 0 Å². The van der Waals surface area contributed by atoms with E-state index in [9.17, 15) is 0 Å². The summed E-state index contributed by atoms with van der Waals surface area (Å²) in [5, 5.41) is 0. The molecule has 0 spiro atoms. The monoisotopic (exact) mass is 257 g/mol. The second kappa shape index (κ2) is 4.14. The van der Waals surface area contributed by atoms with Gasteiger partial charge < -0.3 is 14.7 Å². The molecule has 0 saturated carbocycles. The van der Waals surface area contributed by atoms with E-state index >= 15 is 0 Å². The lowest BCUT2D eigenvalue weighted by molar-refractivity contribution is 0.202. The van der Waals surface area contributed by atoms with E-state index in [0.29, 0.717) is 0 Å². The fourth-order valence-electron chi connectivity index (χ4n) is 4.26. The van der Waals surface area contributed by atoms with Crippen LogP contribution >= 0.6 is 0 Å². The van der Waals surface area contributed by atoms with Crippen LogP contribution in [-0.4, -0.2) is 50.7 Å². The molecule has 102 valence electrons. The maximum Gasteiger partial charge on any atom is 0.0644 e. The first-order valence-corrected chi connectivity index (χ1v) is 7.62. The van der Waals surface area contributed by atoms with Crippen LogP contribution < -0.4 is 9.80 Å². The minimum absolute atomic E-state index is 0.732. The van der Waals surface area contributed by atoms with Crippen LogP contribution in [0, 0.1) is 0 Å². The lowest BCUT2D eigenvalue weighted by atomic mass is 9.89. The number of hydrogen-bond acceptors (Lipinski definition) is 3. The number of rotatable bonds is 1. The molecule has 1 saturated heterocycles. The molecule has 1 fully saturated rings. The van der Waals surface area contributed by atoms with Crippen LogP contribution in [0.3, 0.4) is 0 Å². The molecule has 19 heavy (non-hydrogen) atoms. The highest BCUT2D eigenvalue weighted by Gasteiger charge is 2.44. The third-order valence-electron chi connectivity index (χ3n) is 5.33. The van der Waals surface area contributed by atoms with Crippen LogP contribution in [0.5, 0.6) is 0 Å². The largest absolute Gasteiger partial charge is 0.371 e. The van der Waals surface area contributed by atoms with Crippen LogP contribution in [0.15, 0.2) is 18.2 Å². The normalized spacial score (nSPS) is 29.4. The van der Waals surface area contributed by atoms with Crippen LogP contribution in [-0.2, 0) is 0 Å². The van der Waals surface area contributed by atoms with Crippen molar-refractivity contribution in [1.82, 2.24) is 4.90 Å². The van der Waals surface area contributed by atoms with Crippen LogP contribution in [0.1, 0.15) is 24.8 Å². The fourth-order valence-corrected chi connectivity index (χ4v) is 4.26. The molecule has 0 aliphatic carbocycles. The molecule has 1 aromatic rings. The zero-order valence-electron chi connectivity index (χ0n) is 12.0. The first-order chi connectivity index (χ1) is 9.29. The Morgan fingerprint density at radius 2 is 2.11 bits per heavy atom. The summed E-state index contributed by atoms with van der Waals surface area (Å²) < 4.78 is 0. The number of benzene rings is 1. The predicted molar refractivity (Wildman–Crippen MR) is 80.3 cm³/mol. The van der Waals surface area contributed by atoms with E-state index in [1.54, 1.807) is 11.3 Å². The average Bonchev–Trinajstić information content (AvgIpc) is 2.78. The first kappa shape index (κ1) is 11.6. The molecule has 0 radical (unpaired) electrons. The van der Waals surface area contributed by atoms with Gasteiger partial charge >= 0.3 is 0 Å². The third-order valence-corrected chi connectivity index (χ3v) is 5.33. The molecule has 3 aliphatic heterocycles. The summed E-state index contributed by atoms with van der Waals surface area (Å²) in [6.07, 6.45) is 1.33. The van der Waals surface area contributed by atoms with Gasteiger partial charge in [0.1, 0.15) is 0 Å². The number of likely N-dealkylation sites (N-methyl/N-ethyl adjacent to an activating group) is 2. The Morgan fingerprint density at radius 3 is 2.95 bits per heavy atom. The molecule has 3 heteroatoms. The van der Waals surface area contributed by atoms with Gasteiger partial charge in [-0.25, -0.2) is 0 Å². The van der Waals surface area contributed by atoms with Gasteiger partial charge in [-0.15, -0.1) is 0 Å². The average molecular weight is 257 g/mol. The highest BCUT2D eigenvalue weighted by molar-refractivity contribution is 5.80. The summed E-state index contributed by atoms with van der Waals surface area (Å²) in [5.74, 6) is 0.732. The molecule has 0 amide bonds. The molecule has 3 nitrogen and oxygen atoms in total. The quantitative estimate of drug-likeness (QED) is 0.763. The summed E-state index contributed by atoms with van der Waals surface area (Å²) in [7, 11) is 2.23. The Morgan fingerprint density at radius 1 is 1.21 bits per heavy atom. The van der Waals surface area contributed by atoms with Gasteiger partial charge in [0.25, 0.3) is 0 Å². The lowest BCUT2D eigenvalue weighted by Gasteiger charge is -2.41. The second-order valence-corrected chi connectivity index (χ2v) is 6.19. The topological polar surface area (TPSA) is 9.72 Å². The van der Waals surface area contributed by atoms with Crippen LogP contribution in [0.4, 0.5) is 11.4 Å². The van der Waals surface area contributed by atoms with Crippen LogP contribution in [0.25, 0.3) is 0 Å². The molecule has 3 aliphatic rings. The smallest absolute Gasteiger partial charge is 0.0644 e. The number of anilines is 2.